The van der Waals surface area contributed by atoms with Gasteiger partial charge in [0.1, 0.15) is 9.88 Å². The molecule has 3 aromatic rings. The Labute approximate surface area is 147 Å². The van der Waals surface area contributed by atoms with Gasteiger partial charge in [-0.2, -0.15) is 0 Å². The molecule has 0 radical (unpaired) electrons. The Morgan fingerprint density at radius 1 is 1.12 bits per heavy atom. The topological polar surface area (TPSA) is 82.3 Å². The number of hydrogen-bond acceptors (Lipinski definition) is 6. The fourth-order valence-corrected chi connectivity index (χ4v) is 3.28. The van der Waals surface area contributed by atoms with Crippen molar-refractivity contribution in [2.24, 2.45) is 0 Å². The molecule has 0 fully saturated rings. The van der Waals surface area contributed by atoms with Crippen molar-refractivity contribution in [2.75, 3.05) is 6.61 Å². The van der Waals surface area contributed by atoms with Crippen molar-refractivity contribution in [1.82, 2.24) is 4.98 Å². The van der Waals surface area contributed by atoms with Crippen LogP contribution in [-0.2, 0) is 4.74 Å². The molecule has 1 aromatic heterocycles. The summed E-state index contributed by atoms with van der Waals surface area (Å²) in [4.78, 5) is 27.6. The lowest BCUT2D eigenvalue weighted by atomic mass is 10.1. The minimum atomic E-state index is -0.466. The normalized spacial score (nSPS) is 10.4. The average Bonchev–Trinajstić information content (AvgIpc) is 3.08. The second-order valence-corrected chi connectivity index (χ2v) is 6.09. The highest BCUT2D eigenvalue weighted by Gasteiger charge is 2.21. The third-order valence-electron chi connectivity index (χ3n) is 3.46. The van der Waals surface area contributed by atoms with Crippen molar-refractivity contribution in [2.45, 2.75) is 6.92 Å². The lowest BCUT2D eigenvalue weighted by molar-refractivity contribution is -0.384. The van der Waals surface area contributed by atoms with E-state index in [1.54, 1.807) is 19.1 Å². The lowest BCUT2D eigenvalue weighted by Crippen LogP contribution is -2.04. The molecule has 6 nitrogen and oxygen atoms in total. The van der Waals surface area contributed by atoms with Crippen LogP contribution in [0.15, 0.2) is 54.6 Å². The van der Waals surface area contributed by atoms with Gasteiger partial charge in [0, 0.05) is 23.3 Å². The van der Waals surface area contributed by atoms with Gasteiger partial charge < -0.3 is 4.74 Å². The first-order valence-corrected chi connectivity index (χ1v) is 8.40. The molecular formula is C18H14N2O4S. The zero-order valence-electron chi connectivity index (χ0n) is 13.3. The summed E-state index contributed by atoms with van der Waals surface area (Å²) in [6, 6.07) is 15.5. The quantitative estimate of drug-likeness (QED) is 0.381. The second-order valence-electron chi connectivity index (χ2n) is 5.09. The molecule has 3 rings (SSSR count). The highest BCUT2D eigenvalue weighted by atomic mass is 32.1. The number of nitrogens with zero attached hydrogens (tertiary/aromatic N) is 2. The van der Waals surface area contributed by atoms with Gasteiger partial charge in [0.15, 0.2) is 0 Å². The fraction of sp³-hybridized carbons (Fsp3) is 0.111. The number of carbonyl (C=O) groups is 1. The Hall–Kier alpha value is -3.06. The summed E-state index contributed by atoms with van der Waals surface area (Å²) in [6.45, 7) is 2.00. The fourth-order valence-electron chi connectivity index (χ4n) is 2.30. The number of non-ortho nitro benzene ring substituents is 1. The Morgan fingerprint density at radius 3 is 2.40 bits per heavy atom. The Balaban J connectivity index is 2.08. The van der Waals surface area contributed by atoms with Crippen LogP contribution in [0.2, 0.25) is 0 Å². The molecule has 0 saturated heterocycles. The van der Waals surface area contributed by atoms with E-state index in [1.165, 1.54) is 23.5 Å². The highest BCUT2D eigenvalue weighted by Crippen LogP contribution is 2.34. The number of nitro groups is 1. The molecule has 2 aromatic carbocycles. The molecule has 1 heterocycles. The molecule has 0 atom stereocenters. The molecule has 126 valence electrons. The molecule has 0 aliphatic rings. The number of carbonyl (C=O) groups excluding carboxylic acids is 1. The molecule has 0 aliphatic carbocycles. The van der Waals surface area contributed by atoms with Crippen molar-refractivity contribution >= 4 is 23.0 Å². The number of nitro benzene ring substituents is 1. The summed E-state index contributed by atoms with van der Waals surface area (Å²) in [5, 5.41) is 11.5. The molecule has 7 heteroatoms. The zero-order chi connectivity index (χ0) is 17.8. The van der Waals surface area contributed by atoms with Crippen LogP contribution in [0.3, 0.4) is 0 Å². The van der Waals surface area contributed by atoms with Gasteiger partial charge >= 0.3 is 5.97 Å². The first-order chi connectivity index (χ1) is 12.1. The average molecular weight is 354 g/mol. The van der Waals surface area contributed by atoms with Crippen LogP contribution >= 0.6 is 11.3 Å². The number of benzene rings is 2. The Bertz CT molecular complexity index is 905. The number of thiazole rings is 1. The minimum Gasteiger partial charge on any atom is -0.462 e. The maximum atomic E-state index is 12.3. The number of ether oxygens (including phenoxy) is 1. The molecule has 0 bridgehead atoms. The van der Waals surface area contributed by atoms with Crippen molar-refractivity contribution in [3.63, 3.8) is 0 Å². The lowest BCUT2D eigenvalue weighted by Gasteiger charge is -2.02. The number of esters is 1. The maximum Gasteiger partial charge on any atom is 0.350 e. The van der Waals surface area contributed by atoms with E-state index in [-0.39, 0.29) is 12.3 Å². The third-order valence-corrected chi connectivity index (χ3v) is 4.54. The summed E-state index contributed by atoms with van der Waals surface area (Å²) in [6.07, 6.45) is 0. The van der Waals surface area contributed by atoms with Crippen molar-refractivity contribution in [3.8, 4) is 21.8 Å². The van der Waals surface area contributed by atoms with E-state index in [2.05, 4.69) is 4.98 Å². The van der Waals surface area contributed by atoms with Crippen molar-refractivity contribution < 1.29 is 14.5 Å². The van der Waals surface area contributed by atoms with E-state index >= 15 is 0 Å². The van der Waals surface area contributed by atoms with E-state index in [0.717, 1.165) is 5.56 Å². The second kappa shape index (κ2) is 7.23. The van der Waals surface area contributed by atoms with E-state index < -0.39 is 10.9 Å². The summed E-state index contributed by atoms with van der Waals surface area (Å²) in [5.41, 5.74) is 1.98. The largest absolute Gasteiger partial charge is 0.462 e. The van der Waals surface area contributed by atoms with E-state index in [4.69, 9.17) is 4.74 Å². The van der Waals surface area contributed by atoms with Gasteiger partial charge in [-0.05, 0) is 19.1 Å². The number of rotatable bonds is 5. The molecular weight excluding hydrogens is 340 g/mol. The zero-order valence-corrected chi connectivity index (χ0v) is 14.2. The molecule has 25 heavy (non-hydrogen) atoms. The molecule has 0 N–H and O–H groups in total. The predicted octanol–water partition coefficient (Wildman–Crippen LogP) is 4.56. The molecule has 0 amide bonds. The molecule has 0 saturated carbocycles. The van der Waals surface area contributed by atoms with Gasteiger partial charge in [-0.1, -0.05) is 30.3 Å². The van der Waals surface area contributed by atoms with Crippen LogP contribution in [-0.4, -0.2) is 22.5 Å². The summed E-state index contributed by atoms with van der Waals surface area (Å²) >= 11 is 1.25. The predicted molar refractivity (Wildman–Crippen MR) is 95.6 cm³/mol. The Kier molecular flexibility index (Phi) is 4.85. The van der Waals surface area contributed by atoms with Crippen LogP contribution in [0.5, 0.6) is 0 Å². The molecule has 0 aliphatic heterocycles. The van der Waals surface area contributed by atoms with E-state index in [0.29, 0.717) is 21.1 Å². The Morgan fingerprint density at radius 2 is 1.80 bits per heavy atom. The van der Waals surface area contributed by atoms with Crippen molar-refractivity contribution in [3.05, 3.63) is 69.6 Å². The summed E-state index contributed by atoms with van der Waals surface area (Å²) < 4.78 is 5.12. The first kappa shape index (κ1) is 16.8. The monoisotopic (exact) mass is 354 g/mol. The third kappa shape index (κ3) is 3.56. The molecule has 0 spiro atoms. The van der Waals surface area contributed by atoms with E-state index in [9.17, 15) is 14.9 Å². The van der Waals surface area contributed by atoms with Crippen LogP contribution in [0.1, 0.15) is 16.6 Å². The van der Waals surface area contributed by atoms with Gasteiger partial charge in [0.05, 0.1) is 17.2 Å². The van der Waals surface area contributed by atoms with Gasteiger partial charge in [-0.3, -0.25) is 10.1 Å². The van der Waals surface area contributed by atoms with Crippen LogP contribution < -0.4 is 0 Å². The molecule has 0 unspecified atom stereocenters. The van der Waals surface area contributed by atoms with Gasteiger partial charge in [-0.15, -0.1) is 11.3 Å². The standard InChI is InChI=1S/C18H14N2O4S/c1-2-24-18(21)16-15(12-8-10-14(11-9-12)20(22)23)19-17(25-16)13-6-4-3-5-7-13/h3-11H,2H2,1H3. The van der Waals surface area contributed by atoms with Crippen LogP contribution in [0.4, 0.5) is 5.69 Å². The highest BCUT2D eigenvalue weighted by molar-refractivity contribution is 7.17. The number of hydrogen-bond donors (Lipinski definition) is 0. The minimum absolute atomic E-state index is 0.0139. The van der Waals surface area contributed by atoms with Gasteiger partial charge in [-0.25, -0.2) is 9.78 Å². The number of aromatic nitrogens is 1. The van der Waals surface area contributed by atoms with Crippen molar-refractivity contribution in [1.29, 1.82) is 0 Å². The maximum absolute atomic E-state index is 12.3. The van der Waals surface area contributed by atoms with Gasteiger partial charge in [0.2, 0.25) is 0 Å². The van der Waals surface area contributed by atoms with Gasteiger partial charge in [0.25, 0.3) is 5.69 Å². The SMILES string of the molecule is CCOC(=O)c1sc(-c2ccccc2)nc1-c1ccc([N+](=O)[O-])cc1. The first-order valence-electron chi connectivity index (χ1n) is 7.58. The summed E-state index contributed by atoms with van der Waals surface area (Å²) in [5.74, 6) is -0.449. The van der Waals surface area contributed by atoms with Crippen LogP contribution in [0, 0.1) is 10.1 Å². The van der Waals surface area contributed by atoms with E-state index in [1.807, 2.05) is 30.3 Å². The summed E-state index contributed by atoms with van der Waals surface area (Å²) in [7, 11) is 0. The smallest absolute Gasteiger partial charge is 0.350 e. The van der Waals surface area contributed by atoms with Crippen LogP contribution in [0.25, 0.3) is 21.8 Å².